The molecule has 3 heterocycles. The molecule has 1 saturated carbocycles. The van der Waals surface area contributed by atoms with Crippen molar-refractivity contribution in [2.75, 3.05) is 13.1 Å². The molecule has 1 saturated heterocycles. The van der Waals surface area contributed by atoms with E-state index < -0.39 is 0 Å². The molecule has 158 valence electrons. The van der Waals surface area contributed by atoms with Crippen molar-refractivity contribution in [3.05, 3.63) is 29.1 Å². The average Bonchev–Trinajstić information content (AvgIpc) is 3.38. The van der Waals surface area contributed by atoms with Gasteiger partial charge in [0.2, 0.25) is 5.91 Å². The molecule has 7 heteroatoms. The summed E-state index contributed by atoms with van der Waals surface area (Å²) in [5.74, 6) is 1.64. The third-order valence-electron chi connectivity index (χ3n) is 7.40. The second-order valence-electron chi connectivity index (χ2n) is 9.00. The highest BCUT2D eigenvalue weighted by atomic mass is 16.2. The van der Waals surface area contributed by atoms with Crippen LogP contribution < -0.4 is 0 Å². The summed E-state index contributed by atoms with van der Waals surface area (Å²) in [6.45, 7) is 8.79. The van der Waals surface area contributed by atoms with Crippen LogP contribution in [-0.2, 0) is 24.8 Å². The lowest BCUT2D eigenvalue weighted by atomic mass is 9.67. The molecular formula is C22H34N6O. The molecule has 2 aromatic heterocycles. The monoisotopic (exact) mass is 398 g/mol. The van der Waals surface area contributed by atoms with E-state index >= 15 is 0 Å². The number of carbonyl (C=O) groups excluding carboxylic acids is 1. The number of aryl methyl sites for hydroxylation is 3. The fraction of sp³-hybridized carbons (Fsp3) is 0.727. The second kappa shape index (κ2) is 7.92. The van der Waals surface area contributed by atoms with Crippen molar-refractivity contribution in [3.63, 3.8) is 0 Å². The zero-order valence-electron chi connectivity index (χ0n) is 18.3. The second-order valence-corrected chi connectivity index (χ2v) is 9.00. The molecule has 1 unspecified atom stereocenters. The predicted octanol–water partition coefficient (Wildman–Crippen LogP) is 3.16. The van der Waals surface area contributed by atoms with Gasteiger partial charge in [0.15, 0.2) is 0 Å². The number of amides is 1. The molecule has 29 heavy (non-hydrogen) atoms. The van der Waals surface area contributed by atoms with E-state index in [0.29, 0.717) is 12.3 Å². The maximum absolute atomic E-state index is 13.2. The molecular weight excluding hydrogens is 364 g/mol. The predicted molar refractivity (Wildman–Crippen MR) is 112 cm³/mol. The average molecular weight is 399 g/mol. The summed E-state index contributed by atoms with van der Waals surface area (Å²) in [7, 11) is 1.97. The zero-order valence-corrected chi connectivity index (χ0v) is 18.3. The maximum Gasteiger partial charge on any atom is 0.222 e. The van der Waals surface area contributed by atoms with Gasteiger partial charge < -0.3 is 9.47 Å². The van der Waals surface area contributed by atoms with Crippen LogP contribution in [0.4, 0.5) is 0 Å². The summed E-state index contributed by atoms with van der Waals surface area (Å²) in [5, 5.41) is 13.2. The molecule has 0 radical (unpaired) electrons. The van der Waals surface area contributed by atoms with Gasteiger partial charge in [-0.05, 0) is 51.0 Å². The summed E-state index contributed by atoms with van der Waals surface area (Å²) in [6.07, 6.45) is 9.37. The number of nitrogens with zero attached hydrogens (tertiary/aromatic N) is 6. The highest BCUT2D eigenvalue weighted by Crippen LogP contribution is 2.51. The van der Waals surface area contributed by atoms with Crippen molar-refractivity contribution in [1.29, 1.82) is 0 Å². The van der Waals surface area contributed by atoms with Gasteiger partial charge in [-0.3, -0.25) is 9.48 Å². The Balaban J connectivity index is 1.52. The molecule has 1 atom stereocenters. The largest absolute Gasteiger partial charge is 0.341 e. The molecule has 2 aromatic rings. The van der Waals surface area contributed by atoms with E-state index in [2.05, 4.69) is 38.6 Å². The van der Waals surface area contributed by atoms with E-state index in [9.17, 15) is 4.79 Å². The Labute approximate surface area is 173 Å². The molecule has 7 nitrogen and oxygen atoms in total. The molecule has 1 aliphatic carbocycles. The van der Waals surface area contributed by atoms with Gasteiger partial charge in [0.05, 0.1) is 5.69 Å². The Morgan fingerprint density at radius 1 is 1.24 bits per heavy atom. The molecule has 1 spiro atoms. The fourth-order valence-corrected chi connectivity index (χ4v) is 5.62. The van der Waals surface area contributed by atoms with E-state index in [1.165, 1.54) is 37.7 Å². The standard InChI is InChI=1S/C22H34N6O/c1-5-27-15-23-24-21(27)19-13-28(14-22(19)11-7-6-8-12-22)20(29)10-9-18-16(2)25-26(4)17(18)3/h15,19H,5-14H2,1-4H3. The first-order valence-corrected chi connectivity index (χ1v) is 11.1. The topological polar surface area (TPSA) is 68.8 Å². The van der Waals surface area contributed by atoms with E-state index in [0.717, 1.165) is 43.3 Å². The van der Waals surface area contributed by atoms with Gasteiger partial charge >= 0.3 is 0 Å². The lowest BCUT2D eigenvalue weighted by molar-refractivity contribution is -0.130. The van der Waals surface area contributed by atoms with Crippen LogP contribution in [0.5, 0.6) is 0 Å². The minimum absolute atomic E-state index is 0.175. The van der Waals surface area contributed by atoms with Gasteiger partial charge in [-0.1, -0.05) is 19.3 Å². The van der Waals surface area contributed by atoms with Crippen molar-refractivity contribution in [1.82, 2.24) is 29.4 Å². The molecule has 1 aliphatic heterocycles. The third-order valence-corrected chi connectivity index (χ3v) is 7.40. The van der Waals surface area contributed by atoms with Crippen LogP contribution in [0.25, 0.3) is 0 Å². The van der Waals surface area contributed by atoms with Crippen molar-refractivity contribution >= 4 is 5.91 Å². The van der Waals surface area contributed by atoms with E-state index in [1.807, 2.05) is 25.0 Å². The van der Waals surface area contributed by atoms with Gasteiger partial charge in [0.25, 0.3) is 0 Å². The van der Waals surface area contributed by atoms with E-state index in [4.69, 9.17) is 0 Å². The molecule has 0 N–H and O–H groups in total. The van der Waals surface area contributed by atoms with Crippen molar-refractivity contribution < 1.29 is 4.79 Å². The van der Waals surface area contributed by atoms with Crippen LogP contribution in [0.1, 0.15) is 74.1 Å². The highest BCUT2D eigenvalue weighted by Gasteiger charge is 2.50. The van der Waals surface area contributed by atoms with Crippen LogP contribution in [0, 0.1) is 19.3 Å². The number of hydrogen-bond donors (Lipinski definition) is 0. The van der Waals surface area contributed by atoms with Gasteiger partial charge in [-0.2, -0.15) is 5.10 Å². The minimum atomic E-state index is 0.175. The lowest BCUT2D eigenvalue weighted by Crippen LogP contribution is -2.34. The minimum Gasteiger partial charge on any atom is -0.341 e. The molecule has 0 bridgehead atoms. The Morgan fingerprint density at radius 3 is 2.66 bits per heavy atom. The van der Waals surface area contributed by atoms with Crippen LogP contribution in [-0.4, -0.2) is 48.4 Å². The van der Waals surface area contributed by atoms with Crippen molar-refractivity contribution in [2.45, 2.75) is 78.2 Å². The molecule has 0 aromatic carbocycles. The first-order chi connectivity index (χ1) is 13.9. The number of hydrogen-bond acceptors (Lipinski definition) is 4. The number of likely N-dealkylation sites (tertiary alicyclic amines) is 1. The number of aromatic nitrogens is 5. The summed E-state index contributed by atoms with van der Waals surface area (Å²) in [5.41, 5.74) is 3.59. The van der Waals surface area contributed by atoms with Crippen molar-refractivity contribution in [3.8, 4) is 0 Å². The molecule has 4 rings (SSSR count). The Hall–Kier alpha value is -2.18. The van der Waals surface area contributed by atoms with Gasteiger partial charge in [0, 0.05) is 44.7 Å². The summed E-state index contributed by atoms with van der Waals surface area (Å²) < 4.78 is 4.08. The highest BCUT2D eigenvalue weighted by molar-refractivity contribution is 5.77. The fourth-order valence-electron chi connectivity index (χ4n) is 5.62. The summed E-state index contributed by atoms with van der Waals surface area (Å²) in [4.78, 5) is 15.3. The first-order valence-electron chi connectivity index (χ1n) is 11.1. The lowest BCUT2D eigenvalue weighted by Gasteiger charge is -2.37. The SMILES string of the molecule is CCn1cnnc1C1CN(C(=O)CCc2c(C)nn(C)c2C)CC12CCCCC2. The molecule has 1 amide bonds. The first kappa shape index (κ1) is 20.1. The quantitative estimate of drug-likeness (QED) is 0.776. The normalized spacial score (nSPS) is 21.2. The smallest absolute Gasteiger partial charge is 0.222 e. The Morgan fingerprint density at radius 2 is 2.00 bits per heavy atom. The molecule has 2 aliphatic rings. The van der Waals surface area contributed by atoms with Gasteiger partial charge in [-0.25, -0.2) is 0 Å². The Bertz CT molecular complexity index is 876. The summed E-state index contributed by atoms with van der Waals surface area (Å²) in [6, 6.07) is 0. The maximum atomic E-state index is 13.2. The summed E-state index contributed by atoms with van der Waals surface area (Å²) >= 11 is 0. The van der Waals surface area contributed by atoms with Crippen LogP contribution in [0.15, 0.2) is 6.33 Å². The number of rotatable bonds is 5. The van der Waals surface area contributed by atoms with E-state index in [-0.39, 0.29) is 11.3 Å². The molecule has 2 fully saturated rings. The van der Waals surface area contributed by atoms with Gasteiger partial charge in [-0.15, -0.1) is 10.2 Å². The Kier molecular flexibility index (Phi) is 5.49. The van der Waals surface area contributed by atoms with Gasteiger partial charge in [0.1, 0.15) is 12.2 Å². The van der Waals surface area contributed by atoms with Crippen LogP contribution >= 0.6 is 0 Å². The third kappa shape index (κ3) is 3.60. The van der Waals surface area contributed by atoms with E-state index in [1.54, 1.807) is 0 Å². The van der Waals surface area contributed by atoms with Crippen LogP contribution in [0.3, 0.4) is 0 Å². The number of carbonyl (C=O) groups is 1. The van der Waals surface area contributed by atoms with Crippen molar-refractivity contribution in [2.24, 2.45) is 12.5 Å². The van der Waals surface area contributed by atoms with Crippen LogP contribution in [0.2, 0.25) is 0 Å². The zero-order chi connectivity index (χ0) is 20.6.